The molecular weight excluding hydrogens is 305 g/mol. The van der Waals surface area contributed by atoms with Gasteiger partial charge in [0.05, 0.1) is 0 Å². The Kier molecular flexibility index (Phi) is 4.99. The maximum absolute atomic E-state index is 13.6. The lowest BCUT2D eigenvalue weighted by Crippen LogP contribution is -2.48. The van der Waals surface area contributed by atoms with Gasteiger partial charge in [-0.25, -0.2) is 4.39 Å². The Morgan fingerprint density at radius 3 is 2.33 bits per heavy atom. The van der Waals surface area contributed by atoms with Crippen molar-refractivity contribution in [3.8, 4) is 0 Å². The highest BCUT2D eigenvalue weighted by molar-refractivity contribution is 5.76. The van der Waals surface area contributed by atoms with Crippen LogP contribution in [0.4, 0.5) is 15.8 Å². The molecule has 126 valence electrons. The molecule has 5 heteroatoms. The van der Waals surface area contributed by atoms with E-state index >= 15 is 0 Å². The van der Waals surface area contributed by atoms with Crippen molar-refractivity contribution in [1.29, 1.82) is 0 Å². The van der Waals surface area contributed by atoms with Gasteiger partial charge in [-0.05, 0) is 42.3 Å². The molecule has 0 aromatic heterocycles. The van der Waals surface area contributed by atoms with E-state index in [1.807, 2.05) is 29.2 Å². The molecule has 0 aliphatic carbocycles. The number of piperazine rings is 1. The molecule has 0 radical (unpaired) electrons. The number of rotatable bonds is 4. The molecule has 2 aromatic rings. The van der Waals surface area contributed by atoms with Gasteiger partial charge in [-0.1, -0.05) is 18.2 Å². The van der Waals surface area contributed by atoms with Crippen molar-refractivity contribution in [3.05, 3.63) is 59.9 Å². The second-order valence-electron chi connectivity index (χ2n) is 6.05. The number of anilines is 2. The molecule has 1 amide bonds. The van der Waals surface area contributed by atoms with Crippen molar-refractivity contribution in [2.24, 2.45) is 0 Å². The third kappa shape index (κ3) is 3.85. The van der Waals surface area contributed by atoms with Crippen LogP contribution in [0.25, 0.3) is 0 Å². The highest BCUT2D eigenvalue weighted by Crippen LogP contribution is 2.18. The molecule has 1 heterocycles. The maximum Gasteiger partial charge on any atom is 0.223 e. The van der Waals surface area contributed by atoms with E-state index in [1.54, 1.807) is 18.2 Å². The van der Waals surface area contributed by atoms with E-state index in [1.165, 1.54) is 6.07 Å². The highest BCUT2D eigenvalue weighted by Gasteiger charge is 2.21. The Labute approximate surface area is 141 Å². The van der Waals surface area contributed by atoms with Crippen LogP contribution in [-0.2, 0) is 11.2 Å². The maximum atomic E-state index is 13.6. The van der Waals surface area contributed by atoms with E-state index in [2.05, 4.69) is 4.90 Å². The molecule has 0 atom stereocenters. The molecule has 1 aliphatic rings. The van der Waals surface area contributed by atoms with E-state index in [0.29, 0.717) is 31.5 Å². The minimum absolute atomic E-state index is 0.0928. The molecule has 1 saturated heterocycles. The average molecular weight is 327 g/mol. The zero-order valence-corrected chi connectivity index (χ0v) is 13.6. The van der Waals surface area contributed by atoms with Crippen LogP contribution in [-0.4, -0.2) is 37.0 Å². The number of aryl methyl sites for hydroxylation is 1. The monoisotopic (exact) mass is 327 g/mol. The van der Waals surface area contributed by atoms with E-state index in [4.69, 9.17) is 5.73 Å². The molecule has 2 N–H and O–H groups in total. The molecule has 4 nitrogen and oxygen atoms in total. The van der Waals surface area contributed by atoms with Crippen molar-refractivity contribution in [3.63, 3.8) is 0 Å². The fraction of sp³-hybridized carbons (Fsp3) is 0.316. The van der Waals surface area contributed by atoms with E-state index in [9.17, 15) is 9.18 Å². The lowest BCUT2D eigenvalue weighted by Gasteiger charge is -2.36. The Morgan fingerprint density at radius 1 is 1.00 bits per heavy atom. The summed E-state index contributed by atoms with van der Waals surface area (Å²) in [4.78, 5) is 16.5. The van der Waals surface area contributed by atoms with Gasteiger partial charge >= 0.3 is 0 Å². The van der Waals surface area contributed by atoms with E-state index in [0.717, 1.165) is 24.5 Å². The van der Waals surface area contributed by atoms with Crippen molar-refractivity contribution in [2.45, 2.75) is 12.8 Å². The molecule has 0 spiro atoms. The summed E-state index contributed by atoms with van der Waals surface area (Å²) in [6.45, 7) is 2.99. The number of benzene rings is 2. The van der Waals surface area contributed by atoms with Gasteiger partial charge in [-0.3, -0.25) is 4.79 Å². The third-order valence-electron chi connectivity index (χ3n) is 4.46. The smallest absolute Gasteiger partial charge is 0.223 e. The van der Waals surface area contributed by atoms with Crippen LogP contribution in [0, 0.1) is 5.82 Å². The second kappa shape index (κ2) is 7.34. The van der Waals surface area contributed by atoms with Gasteiger partial charge in [0.1, 0.15) is 5.82 Å². The molecule has 3 rings (SSSR count). The first-order chi connectivity index (χ1) is 11.6. The van der Waals surface area contributed by atoms with Gasteiger partial charge in [0.15, 0.2) is 0 Å². The van der Waals surface area contributed by atoms with Crippen LogP contribution in [0.1, 0.15) is 12.0 Å². The van der Waals surface area contributed by atoms with Gasteiger partial charge in [0, 0.05) is 44.0 Å². The normalized spacial score (nSPS) is 14.7. The van der Waals surface area contributed by atoms with Crippen LogP contribution in [0.3, 0.4) is 0 Å². The Morgan fingerprint density at radius 2 is 1.67 bits per heavy atom. The summed E-state index contributed by atoms with van der Waals surface area (Å²) < 4.78 is 13.6. The van der Waals surface area contributed by atoms with Crippen molar-refractivity contribution in [2.75, 3.05) is 36.8 Å². The molecular formula is C19H22FN3O. The average Bonchev–Trinajstić information content (AvgIpc) is 2.62. The first-order valence-corrected chi connectivity index (χ1v) is 8.25. The van der Waals surface area contributed by atoms with Crippen molar-refractivity contribution in [1.82, 2.24) is 4.90 Å². The van der Waals surface area contributed by atoms with Gasteiger partial charge in [-0.15, -0.1) is 0 Å². The fourth-order valence-corrected chi connectivity index (χ4v) is 3.00. The second-order valence-corrected chi connectivity index (χ2v) is 6.05. The van der Waals surface area contributed by atoms with Gasteiger partial charge in [0.2, 0.25) is 5.91 Å². The molecule has 1 fully saturated rings. The Hall–Kier alpha value is -2.56. The molecule has 0 bridgehead atoms. The number of carbonyl (C=O) groups is 1. The molecule has 24 heavy (non-hydrogen) atoms. The zero-order chi connectivity index (χ0) is 16.9. The van der Waals surface area contributed by atoms with Gasteiger partial charge < -0.3 is 15.5 Å². The van der Waals surface area contributed by atoms with Gasteiger partial charge in [0.25, 0.3) is 0 Å². The molecule has 1 aliphatic heterocycles. The number of nitrogens with zero attached hydrogens (tertiary/aromatic N) is 2. The number of nitrogen functional groups attached to an aromatic ring is 1. The quantitative estimate of drug-likeness (QED) is 0.879. The fourth-order valence-electron chi connectivity index (χ4n) is 3.00. The zero-order valence-electron chi connectivity index (χ0n) is 13.6. The Bertz CT molecular complexity index is 694. The summed E-state index contributed by atoms with van der Waals surface area (Å²) in [7, 11) is 0. The Balaban J connectivity index is 1.50. The van der Waals surface area contributed by atoms with Crippen molar-refractivity contribution >= 4 is 17.3 Å². The molecule has 0 unspecified atom stereocenters. The lowest BCUT2D eigenvalue weighted by atomic mass is 10.1. The number of carbonyl (C=O) groups excluding carboxylic acids is 1. The summed E-state index contributed by atoms with van der Waals surface area (Å²) in [5.41, 5.74) is 8.19. The first-order valence-electron chi connectivity index (χ1n) is 8.25. The number of hydrogen-bond acceptors (Lipinski definition) is 3. The molecule has 2 aromatic carbocycles. The standard InChI is InChI=1S/C19H22FN3O/c20-18-4-2-1-3-15(18)5-10-19(24)23-13-11-22(12-14-23)17-8-6-16(21)7-9-17/h1-4,6-9H,5,10-14,21H2. The van der Waals surface area contributed by atoms with Crippen LogP contribution in [0.5, 0.6) is 0 Å². The minimum Gasteiger partial charge on any atom is -0.399 e. The van der Waals surface area contributed by atoms with Crippen LogP contribution in [0.2, 0.25) is 0 Å². The molecule has 0 saturated carbocycles. The predicted molar refractivity (Wildman–Crippen MR) is 94.4 cm³/mol. The summed E-state index contributed by atoms with van der Waals surface area (Å²) >= 11 is 0. The topological polar surface area (TPSA) is 49.6 Å². The largest absolute Gasteiger partial charge is 0.399 e. The lowest BCUT2D eigenvalue weighted by molar-refractivity contribution is -0.131. The predicted octanol–water partition coefficient (Wildman–Crippen LogP) is 2.69. The summed E-state index contributed by atoms with van der Waals surface area (Å²) in [6.07, 6.45) is 0.798. The van der Waals surface area contributed by atoms with Crippen molar-refractivity contribution < 1.29 is 9.18 Å². The SMILES string of the molecule is Nc1ccc(N2CCN(C(=O)CCc3ccccc3F)CC2)cc1. The van der Waals surface area contributed by atoms with Crippen LogP contribution in [0.15, 0.2) is 48.5 Å². The highest BCUT2D eigenvalue weighted by atomic mass is 19.1. The van der Waals surface area contributed by atoms with Crippen LogP contribution < -0.4 is 10.6 Å². The minimum atomic E-state index is -0.238. The first kappa shape index (κ1) is 16.3. The van der Waals surface area contributed by atoms with Gasteiger partial charge in [-0.2, -0.15) is 0 Å². The number of amides is 1. The van der Waals surface area contributed by atoms with Crippen LogP contribution >= 0.6 is 0 Å². The number of halogens is 1. The summed E-state index contributed by atoms with van der Waals surface area (Å²) in [5, 5.41) is 0. The van der Waals surface area contributed by atoms with E-state index < -0.39 is 0 Å². The summed E-state index contributed by atoms with van der Waals surface area (Å²) in [6, 6.07) is 14.4. The summed E-state index contributed by atoms with van der Waals surface area (Å²) in [5.74, 6) is -0.145. The third-order valence-corrected chi connectivity index (χ3v) is 4.46. The number of hydrogen-bond donors (Lipinski definition) is 1. The number of nitrogens with two attached hydrogens (primary N) is 1. The van der Waals surface area contributed by atoms with E-state index in [-0.39, 0.29) is 11.7 Å².